The van der Waals surface area contributed by atoms with E-state index in [1.807, 2.05) is 0 Å². The Hall–Kier alpha value is -3.28. The summed E-state index contributed by atoms with van der Waals surface area (Å²) in [6.07, 6.45) is 1.54. The van der Waals surface area contributed by atoms with Crippen molar-refractivity contribution in [3.8, 4) is 17.2 Å². The fourth-order valence-electron chi connectivity index (χ4n) is 2.97. The number of esters is 1. The van der Waals surface area contributed by atoms with E-state index in [1.54, 1.807) is 54.6 Å². The van der Waals surface area contributed by atoms with E-state index in [9.17, 15) is 9.59 Å². The summed E-state index contributed by atoms with van der Waals surface area (Å²) in [6, 6.07) is 16.2. The van der Waals surface area contributed by atoms with E-state index in [2.05, 4.69) is 0 Å². The molecule has 1 aliphatic rings. The number of rotatable bonds is 4. The van der Waals surface area contributed by atoms with Gasteiger partial charge in [0.25, 0.3) is 0 Å². The maximum Gasteiger partial charge on any atom is 0.347 e. The Bertz CT molecular complexity index is 1200. The van der Waals surface area contributed by atoms with Gasteiger partial charge in [-0.2, -0.15) is 0 Å². The quantitative estimate of drug-likeness (QED) is 0.289. The Kier molecular flexibility index (Phi) is 5.48. The SMILES string of the molecule is COc1ccccc1C(=O)Oc1ccc2c(c1)OC(=Cc1ccc(Cl)cc1Cl)C2=O. The van der Waals surface area contributed by atoms with Crippen LogP contribution in [0.4, 0.5) is 0 Å². The summed E-state index contributed by atoms with van der Waals surface area (Å²) in [4.78, 5) is 25.1. The smallest absolute Gasteiger partial charge is 0.347 e. The van der Waals surface area contributed by atoms with Crippen LogP contribution in [0.15, 0.2) is 66.4 Å². The van der Waals surface area contributed by atoms with Crippen molar-refractivity contribution >= 4 is 41.0 Å². The highest BCUT2D eigenvalue weighted by atomic mass is 35.5. The largest absolute Gasteiger partial charge is 0.496 e. The van der Waals surface area contributed by atoms with Crippen LogP contribution in [0.5, 0.6) is 17.2 Å². The van der Waals surface area contributed by atoms with E-state index in [0.717, 1.165) is 0 Å². The third kappa shape index (κ3) is 3.90. The van der Waals surface area contributed by atoms with Gasteiger partial charge in [-0.05, 0) is 48.0 Å². The second-order valence-electron chi connectivity index (χ2n) is 6.35. The van der Waals surface area contributed by atoms with Gasteiger partial charge in [0.15, 0.2) is 5.76 Å². The second kappa shape index (κ2) is 8.22. The Labute approximate surface area is 182 Å². The molecule has 0 unspecified atom stereocenters. The van der Waals surface area contributed by atoms with Crippen molar-refractivity contribution < 1.29 is 23.8 Å². The average Bonchev–Trinajstić information content (AvgIpc) is 3.04. The number of methoxy groups -OCH3 is 1. The maximum atomic E-state index is 12.6. The van der Waals surface area contributed by atoms with Crippen LogP contribution < -0.4 is 14.2 Å². The van der Waals surface area contributed by atoms with Crippen molar-refractivity contribution in [2.75, 3.05) is 7.11 Å². The molecule has 5 nitrogen and oxygen atoms in total. The lowest BCUT2D eigenvalue weighted by Gasteiger charge is -2.08. The number of halogens is 2. The number of ketones is 1. The molecule has 30 heavy (non-hydrogen) atoms. The van der Waals surface area contributed by atoms with Crippen LogP contribution >= 0.6 is 23.2 Å². The molecular formula is C23H14Cl2O5. The molecule has 150 valence electrons. The number of ether oxygens (including phenoxy) is 3. The van der Waals surface area contributed by atoms with Crippen LogP contribution in [0.25, 0.3) is 6.08 Å². The molecule has 0 bridgehead atoms. The Morgan fingerprint density at radius 1 is 1.03 bits per heavy atom. The molecule has 1 aliphatic heterocycles. The molecule has 0 spiro atoms. The zero-order valence-corrected chi connectivity index (χ0v) is 17.2. The van der Waals surface area contributed by atoms with E-state index in [-0.39, 0.29) is 22.9 Å². The number of hydrogen-bond acceptors (Lipinski definition) is 5. The van der Waals surface area contributed by atoms with E-state index < -0.39 is 5.97 Å². The van der Waals surface area contributed by atoms with Crippen LogP contribution in [0.3, 0.4) is 0 Å². The molecule has 0 fully saturated rings. The number of carbonyl (C=O) groups excluding carboxylic acids is 2. The maximum absolute atomic E-state index is 12.6. The zero-order chi connectivity index (χ0) is 21.3. The van der Waals surface area contributed by atoms with E-state index in [0.29, 0.717) is 32.7 Å². The van der Waals surface area contributed by atoms with Crippen LogP contribution in [0.2, 0.25) is 10.0 Å². The molecule has 3 aromatic carbocycles. The molecule has 0 saturated carbocycles. The molecule has 0 radical (unpaired) electrons. The first-order chi connectivity index (χ1) is 14.5. The second-order valence-corrected chi connectivity index (χ2v) is 7.20. The third-order valence-electron chi connectivity index (χ3n) is 4.43. The highest BCUT2D eigenvalue weighted by Gasteiger charge is 2.28. The van der Waals surface area contributed by atoms with Gasteiger partial charge in [-0.3, -0.25) is 4.79 Å². The first-order valence-electron chi connectivity index (χ1n) is 8.85. The highest BCUT2D eigenvalue weighted by Crippen LogP contribution is 2.36. The highest BCUT2D eigenvalue weighted by molar-refractivity contribution is 6.35. The Morgan fingerprint density at radius 3 is 2.60 bits per heavy atom. The monoisotopic (exact) mass is 440 g/mol. The molecule has 0 aromatic heterocycles. The topological polar surface area (TPSA) is 61.8 Å². The van der Waals surface area contributed by atoms with Crippen LogP contribution in [-0.2, 0) is 0 Å². The van der Waals surface area contributed by atoms with Crippen molar-refractivity contribution in [3.63, 3.8) is 0 Å². The number of hydrogen-bond donors (Lipinski definition) is 0. The molecule has 0 N–H and O–H groups in total. The molecule has 0 amide bonds. The fourth-order valence-corrected chi connectivity index (χ4v) is 3.43. The third-order valence-corrected chi connectivity index (χ3v) is 4.99. The predicted molar refractivity (Wildman–Crippen MR) is 114 cm³/mol. The van der Waals surface area contributed by atoms with Crippen molar-refractivity contribution in [2.24, 2.45) is 0 Å². The summed E-state index contributed by atoms with van der Waals surface area (Å²) in [7, 11) is 1.47. The summed E-state index contributed by atoms with van der Waals surface area (Å²) in [5.41, 5.74) is 1.25. The van der Waals surface area contributed by atoms with Gasteiger partial charge >= 0.3 is 5.97 Å². The Balaban J connectivity index is 1.58. The lowest BCUT2D eigenvalue weighted by Crippen LogP contribution is -2.10. The standard InChI is InChI=1S/C23H14Cl2O5/c1-28-19-5-3-2-4-17(19)23(27)29-15-8-9-16-20(12-15)30-21(22(16)26)10-13-6-7-14(24)11-18(13)25/h2-12H,1H3. The minimum absolute atomic E-state index is 0.113. The van der Waals surface area contributed by atoms with E-state index in [4.69, 9.17) is 37.4 Å². The van der Waals surface area contributed by atoms with Gasteiger partial charge < -0.3 is 14.2 Å². The number of benzene rings is 3. The zero-order valence-electron chi connectivity index (χ0n) is 15.6. The van der Waals surface area contributed by atoms with Crippen LogP contribution in [0, 0.1) is 0 Å². The van der Waals surface area contributed by atoms with E-state index in [1.165, 1.54) is 19.2 Å². The van der Waals surface area contributed by atoms with Gasteiger partial charge in [0.2, 0.25) is 5.78 Å². The van der Waals surface area contributed by atoms with Crippen molar-refractivity contribution in [2.45, 2.75) is 0 Å². The molecule has 0 saturated heterocycles. The molecule has 0 aliphatic carbocycles. The minimum atomic E-state index is -0.583. The van der Waals surface area contributed by atoms with Gasteiger partial charge in [-0.25, -0.2) is 4.79 Å². The van der Waals surface area contributed by atoms with Gasteiger partial charge in [0.1, 0.15) is 22.8 Å². The van der Waals surface area contributed by atoms with Crippen molar-refractivity contribution in [3.05, 3.63) is 93.2 Å². The van der Waals surface area contributed by atoms with Gasteiger partial charge in [0, 0.05) is 16.1 Å². The van der Waals surface area contributed by atoms with Gasteiger partial charge in [-0.15, -0.1) is 0 Å². The first-order valence-corrected chi connectivity index (χ1v) is 9.60. The molecule has 4 rings (SSSR count). The van der Waals surface area contributed by atoms with E-state index >= 15 is 0 Å². The molecule has 7 heteroatoms. The van der Waals surface area contributed by atoms with Crippen LogP contribution in [0.1, 0.15) is 26.3 Å². The van der Waals surface area contributed by atoms with Gasteiger partial charge in [0.05, 0.1) is 12.7 Å². The Morgan fingerprint density at radius 2 is 1.83 bits per heavy atom. The predicted octanol–water partition coefficient (Wildman–Crippen LogP) is 5.84. The summed E-state index contributed by atoms with van der Waals surface area (Å²) in [5.74, 6) is 0.173. The molecule has 0 atom stereocenters. The summed E-state index contributed by atoms with van der Waals surface area (Å²) >= 11 is 12.1. The van der Waals surface area contributed by atoms with Gasteiger partial charge in [-0.1, -0.05) is 41.4 Å². The van der Waals surface area contributed by atoms with Crippen molar-refractivity contribution in [1.29, 1.82) is 0 Å². The average molecular weight is 441 g/mol. The number of fused-ring (bicyclic) bond motifs is 1. The van der Waals surface area contributed by atoms with Crippen molar-refractivity contribution in [1.82, 2.24) is 0 Å². The lowest BCUT2D eigenvalue weighted by atomic mass is 10.1. The fraction of sp³-hybridized carbons (Fsp3) is 0.0435. The molecule has 1 heterocycles. The number of allylic oxidation sites excluding steroid dienone is 1. The first kappa shape index (κ1) is 20.0. The number of Topliss-reactive ketones (excluding diaryl/α,β-unsaturated/α-hetero) is 1. The lowest BCUT2D eigenvalue weighted by molar-refractivity contribution is 0.0731. The number of para-hydroxylation sites is 1. The summed E-state index contributed by atoms with van der Waals surface area (Å²) in [5, 5.41) is 0.888. The summed E-state index contributed by atoms with van der Waals surface area (Å²) < 4.78 is 16.3. The molecular weight excluding hydrogens is 427 g/mol. The minimum Gasteiger partial charge on any atom is -0.496 e. The van der Waals surface area contributed by atoms with Crippen LogP contribution in [-0.4, -0.2) is 18.9 Å². The summed E-state index contributed by atoms with van der Waals surface area (Å²) in [6.45, 7) is 0. The molecule has 3 aromatic rings. The number of carbonyl (C=O) groups is 2. The normalized spacial score (nSPS) is 13.7.